The molecule has 1 aromatic carbocycles. The molecule has 0 aliphatic heterocycles. The topological polar surface area (TPSA) is 55.4 Å². The summed E-state index contributed by atoms with van der Waals surface area (Å²) in [6.07, 6.45) is 1.76. The summed E-state index contributed by atoms with van der Waals surface area (Å²) < 4.78 is 4.43. The van der Waals surface area contributed by atoms with Gasteiger partial charge in [0.25, 0.3) is 0 Å². The normalized spacial score (nSPS) is 10.8. The highest BCUT2D eigenvalue weighted by molar-refractivity contribution is 5.98. The Hall–Kier alpha value is -2.10. The number of carbonyl (C=O) groups excluding carboxylic acids is 2. The van der Waals surface area contributed by atoms with Crippen molar-refractivity contribution < 1.29 is 14.3 Å². The maximum Gasteiger partial charge on any atom is 0.325 e. The summed E-state index contributed by atoms with van der Waals surface area (Å²) in [5, 5.41) is 2.47. The minimum Gasteiger partial charge on any atom is -0.468 e. The lowest BCUT2D eigenvalue weighted by Crippen LogP contribution is -2.30. The second-order valence-electron chi connectivity index (χ2n) is 3.50. The molecule has 0 aromatic heterocycles. The quantitative estimate of drug-likeness (QED) is 0.631. The first-order valence-corrected chi connectivity index (χ1v) is 5.22. The van der Waals surface area contributed by atoms with Gasteiger partial charge in [0, 0.05) is 5.57 Å². The first-order valence-electron chi connectivity index (χ1n) is 5.22. The number of hydrogen-bond acceptors (Lipinski definition) is 3. The van der Waals surface area contributed by atoms with E-state index in [4.69, 9.17) is 0 Å². The molecule has 0 aliphatic rings. The molecule has 17 heavy (non-hydrogen) atoms. The number of hydrogen-bond donors (Lipinski definition) is 1. The van der Waals surface area contributed by atoms with Crippen LogP contribution in [0.2, 0.25) is 0 Å². The van der Waals surface area contributed by atoms with Crippen molar-refractivity contribution in [1.82, 2.24) is 5.32 Å². The predicted octanol–water partition coefficient (Wildman–Crippen LogP) is 1.38. The van der Waals surface area contributed by atoms with Gasteiger partial charge in [-0.15, -0.1) is 0 Å². The van der Waals surface area contributed by atoms with Gasteiger partial charge in [-0.25, -0.2) is 0 Å². The van der Waals surface area contributed by atoms with Gasteiger partial charge >= 0.3 is 5.97 Å². The predicted molar refractivity (Wildman–Crippen MR) is 65.1 cm³/mol. The van der Waals surface area contributed by atoms with Crippen LogP contribution in [0, 0.1) is 0 Å². The van der Waals surface area contributed by atoms with Crippen LogP contribution < -0.4 is 5.32 Å². The van der Waals surface area contributed by atoms with E-state index in [1.807, 2.05) is 30.3 Å². The number of amides is 1. The number of nitrogens with one attached hydrogen (secondary N) is 1. The van der Waals surface area contributed by atoms with Gasteiger partial charge < -0.3 is 10.1 Å². The number of benzene rings is 1. The Morgan fingerprint density at radius 1 is 1.29 bits per heavy atom. The van der Waals surface area contributed by atoms with Crippen LogP contribution in [0.3, 0.4) is 0 Å². The Labute approximate surface area is 100 Å². The third-order valence-electron chi connectivity index (χ3n) is 2.16. The number of ether oxygens (including phenoxy) is 1. The molecule has 0 radical (unpaired) electrons. The third kappa shape index (κ3) is 4.51. The van der Waals surface area contributed by atoms with E-state index in [0.29, 0.717) is 5.57 Å². The summed E-state index contributed by atoms with van der Waals surface area (Å²) in [6.45, 7) is 1.58. The summed E-state index contributed by atoms with van der Waals surface area (Å²) in [7, 11) is 1.28. The van der Waals surface area contributed by atoms with E-state index in [0.717, 1.165) is 5.56 Å². The van der Waals surface area contributed by atoms with Crippen LogP contribution in [0.25, 0.3) is 6.08 Å². The van der Waals surface area contributed by atoms with Crippen molar-refractivity contribution in [3.05, 3.63) is 41.5 Å². The second kappa shape index (κ2) is 6.48. The number of carbonyl (C=O) groups is 2. The lowest BCUT2D eigenvalue weighted by molar-refractivity contribution is -0.140. The molecule has 90 valence electrons. The number of rotatable bonds is 4. The molecule has 1 N–H and O–H groups in total. The van der Waals surface area contributed by atoms with Gasteiger partial charge in [0.2, 0.25) is 5.91 Å². The molecule has 0 bridgehead atoms. The molecule has 1 rings (SSSR count). The van der Waals surface area contributed by atoms with Gasteiger partial charge in [-0.3, -0.25) is 9.59 Å². The van der Waals surface area contributed by atoms with Gasteiger partial charge in [-0.05, 0) is 18.6 Å². The zero-order valence-corrected chi connectivity index (χ0v) is 9.90. The largest absolute Gasteiger partial charge is 0.468 e. The Morgan fingerprint density at radius 3 is 2.53 bits per heavy atom. The van der Waals surface area contributed by atoms with E-state index in [2.05, 4.69) is 10.1 Å². The van der Waals surface area contributed by atoms with Crippen LogP contribution in [0.1, 0.15) is 12.5 Å². The first-order chi connectivity index (χ1) is 8.13. The van der Waals surface area contributed by atoms with Crippen LogP contribution in [0.15, 0.2) is 35.9 Å². The van der Waals surface area contributed by atoms with Crippen molar-refractivity contribution >= 4 is 18.0 Å². The van der Waals surface area contributed by atoms with Crippen molar-refractivity contribution in [1.29, 1.82) is 0 Å². The molecular weight excluding hydrogens is 218 g/mol. The maximum atomic E-state index is 11.6. The van der Waals surface area contributed by atoms with E-state index >= 15 is 0 Å². The Bertz CT molecular complexity index is 424. The molecule has 0 heterocycles. The smallest absolute Gasteiger partial charge is 0.325 e. The molecule has 0 atom stereocenters. The number of methoxy groups -OCH3 is 1. The standard InChI is InChI=1S/C13H15NO3/c1-10(8-11-6-4-3-5-7-11)13(16)14-9-12(15)17-2/h3-8H,9H2,1-2H3,(H,14,16). The van der Waals surface area contributed by atoms with E-state index in [9.17, 15) is 9.59 Å². The van der Waals surface area contributed by atoms with Crippen LogP contribution in [0.4, 0.5) is 0 Å². The van der Waals surface area contributed by atoms with Crippen molar-refractivity contribution in [2.75, 3.05) is 13.7 Å². The fourth-order valence-corrected chi connectivity index (χ4v) is 1.23. The van der Waals surface area contributed by atoms with Crippen molar-refractivity contribution in [3.8, 4) is 0 Å². The van der Waals surface area contributed by atoms with Gasteiger partial charge in [-0.1, -0.05) is 30.3 Å². The van der Waals surface area contributed by atoms with Crippen LogP contribution >= 0.6 is 0 Å². The van der Waals surface area contributed by atoms with E-state index in [1.165, 1.54) is 7.11 Å². The third-order valence-corrected chi connectivity index (χ3v) is 2.16. The minimum absolute atomic E-state index is 0.116. The second-order valence-corrected chi connectivity index (χ2v) is 3.50. The van der Waals surface area contributed by atoms with Gasteiger partial charge in [0.1, 0.15) is 6.54 Å². The van der Waals surface area contributed by atoms with E-state index in [-0.39, 0.29) is 12.5 Å². The monoisotopic (exact) mass is 233 g/mol. The lowest BCUT2D eigenvalue weighted by atomic mass is 10.1. The van der Waals surface area contributed by atoms with Crippen molar-refractivity contribution in [2.45, 2.75) is 6.92 Å². The summed E-state index contributed by atoms with van der Waals surface area (Å²) in [4.78, 5) is 22.4. The summed E-state index contributed by atoms with van der Waals surface area (Å²) in [6, 6.07) is 9.50. The van der Waals surface area contributed by atoms with E-state index in [1.54, 1.807) is 13.0 Å². The fourth-order valence-electron chi connectivity index (χ4n) is 1.23. The Balaban J connectivity index is 2.58. The molecular formula is C13H15NO3. The van der Waals surface area contributed by atoms with Gasteiger partial charge in [0.05, 0.1) is 7.11 Å². The zero-order chi connectivity index (χ0) is 12.7. The molecule has 1 aromatic rings. The Kier molecular flexibility index (Phi) is 4.94. The molecule has 0 fully saturated rings. The van der Waals surface area contributed by atoms with Gasteiger partial charge in [0.15, 0.2) is 0 Å². The molecule has 0 aliphatic carbocycles. The molecule has 4 nitrogen and oxygen atoms in total. The highest BCUT2D eigenvalue weighted by atomic mass is 16.5. The summed E-state index contributed by atoms with van der Waals surface area (Å²) in [5.41, 5.74) is 1.48. The van der Waals surface area contributed by atoms with Crippen LogP contribution in [-0.4, -0.2) is 25.5 Å². The Morgan fingerprint density at radius 2 is 1.94 bits per heavy atom. The SMILES string of the molecule is COC(=O)CNC(=O)C(C)=Cc1ccccc1. The van der Waals surface area contributed by atoms with Gasteiger partial charge in [-0.2, -0.15) is 0 Å². The van der Waals surface area contributed by atoms with Crippen LogP contribution in [0.5, 0.6) is 0 Å². The van der Waals surface area contributed by atoms with Crippen molar-refractivity contribution in [2.24, 2.45) is 0 Å². The summed E-state index contributed by atoms with van der Waals surface area (Å²) >= 11 is 0. The lowest BCUT2D eigenvalue weighted by Gasteiger charge is -2.04. The fraction of sp³-hybridized carbons (Fsp3) is 0.231. The first kappa shape index (κ1) is 13.0. The average Bonchev–Trinajstić information content (AvgIpc) is 2.36. The molecule has 4 heteroatoms. The van der Waals surface area contributed by atoms with Crippen molar-refractivity contribution in [3.63, 3.8) is 0 Å². The summed E-state index contributed by atoms with van der Waals surface area (Å²) in [5.74, 6) is -0.745. The average molecular weight is 233 g/mol. The molecule has 0 saturated heterocycles. The molecule has 0 unspecified atom stereocenters. The minimum atomic E-state index is -0.467. The zero-order valence-electron chi connectivity index (χ0n) is 9.90. The molecule has 1 amide bonds. The molecule has 0 saturated carbocycles. The maximum absolute atomic E-state index is 11.6. The number of esters is 1. The highest BCUT2D eigenvalue weighted by Crippen LogP contribution is 2.05. The van der Waals surface area contributed by atoms with Crippen LogP contribution in [-0.2, 0) is 14.3 Å². The molecule has 0 spiro atoms. The highest BCUT2D eigenvalue weighted by Gasteiger charge is 2.06. The van der Waals surface area contributed by atoms with E-state index < -0.39 is 5.97 Å².